The number of primary amides is 1. The van der Waals surface area contributed by atoms with Crippen LogP contribution in [0.1, 0.15) is 16.1 Å². The largest absolute Gasteiger partial charge is 0.365 e. The number of halogens is 2. The number of fused-ring (bicyclic) bond motifs is 2. The Kier molecular flexibility index (Phi) is 4.94. The molecular formula is C22H16F2N8O2. The maximum atomic E-state index is 14.5. The van der Waals surface area contributed by atoms with Crippen LogP contribution in [0.4, 0.5) is 25.0 Å². The first-order valence-corrected chi connectivity index (χ1v) is 10.1. The second-order valence-electron chi connectivity index (χ2n) is 7.68. The van der Waals surface area contributed by atoms with E-state index in [1.54, 1.807) is 10.7 Å². The van der Waals surface area contributed by atoms with Gasteiger partial charge in [-0.3, -0.25) is 14.6 Å². The van der Waals surface area contributed by atoms with Crippen LogP contribution in [0, 0.1) is 18.2 Å². The number of nitrogens with one attached hydrogen (secondary N) is 2. The van der Waals surface area contributed by atoms with E-state index in [4.69, 9.17) is 12.3 Å². The summed E-state index contributed by atoms with van der Waals surface area (Å²) in [5, 5.41) is 13.9. The van der Waals surface area contributed by atoms with Gasteiger partial charge in [-0.2, -0.15) is 10.2 Å². The van der Waals surface area contributed by atoms with Crippen LogP contribution in [0.5, 0.6) is 0 Å². The Morgan fingerprint density at radius 3 is 2.74 bits per heavy atom. The number of nitrogens with two attached hydrogens (primary N) is 1. The van der Waals surface area contributed by atoms with E-state index in [0.717, 1.165) is 6.07 Å². The molecule has 0 aliphatic carbocycles. The zero-order valence-corrected chi connectivity index (χ0v) is 17.5. The van der Waals surface area contributed by atoms with Crippen molar-refractivity contribution >= 4 is 34.2 Å². The topological polar surface area (TPSA) is 126 Å². The van der Waals surface area contributed by atoms with E-state index in [2.05, 4.69) is 25.5 Å². The fraction of sp³-hybridized carbons (Fsp3) is 0.136. The zero-order valence-electron chi connectivity index (χ0n) is 17.5. The summed E-state index contributed by atoms with van der Waals surface area (Å²) in [6.07, 6.45) is 1.36. The van der Waals surface area contributed by atoms with E-state index in [-0.39, 0.29) is 42.3 Å². The molecular weight excluding hydrogens is 446 g/mol. The minimum absolute atomic E-state index is 0.00844. The quantitative estimate of drug-likeness (QED) is 0.403. The molecule has 3 amide bonds. The molecule has 0 fully saturated rings. The van der Waals surface area contributed by atoms with Crippen LogP contribution < -0.4 is 11.1 Å². The summed E-state index contributed by atoms with van der Waals surface area (Å²) in [6, 6.07) is 6.12. The van der Waals surface area contributed by atoms with Gasteiger partial charge in [-0.25, -0.2) is 18.4 Å². The van der Waals surface area contributed by atoms with Gasteiger partial charge in [0, 0.05) is 17.8 Å². The average Bonchev–Trinajstić information content (AvgIpc) is 3.43. The van der Waals surface area contributed by atoms with Gasteiger partial charge in [0.25, 0.3) is 5.91 Å². The number of carbonyl (C=O) groups excluding carboxylic acids is 2. The Bertz CT molecular complexity index is 1520. The summed E-state index contributed by atoms with van der Waals surface area (Å²) in [5.41, 5.74) is 7.17. The lowest BCUT2D eigenvalue weighted by atomic mass is 10.0. The zero-order chi connectivity index (χ0) is 24.0. The second-order valence-corrected chi connectivity index (χ2v) is 7.68. The van der Waals surface area contributed by atoms with E-state index in [0.29, 0.717) is 22.2 Å². The van der Waals surface area contributed by atoms with Gasteiger partial charge in [0.15, 0.2) is 0 Å². The molecule has 2 aromatic heterocycles. The van der Waals surface area contributed by atoms with Gasteiger partial charge in [0.05, 0.1) is 48.0 Å². The number of nitrogens with zero attached hydrogens (tertiary/aromatic N) is 5. The van der Waals surface area contributed by atoms with Gasteiger partial charge in [-0.1, -0.05) is 6.07 Å². The van der Waals surface area contributed by atoms with Crippen LogP contribution in [0.2, 0.25) is 0 Å². The summed E-state index contributed by atoms with van der Waals surface area (Å²) in [6.45, 7) is 7.44. The SMILES string of the molecule is [C-]#[N+]c1ccc(NC(=O)N2CCn3nc(-c4cc(F)c5cn[nH]c5c4)c(C(N)=O)c3C2)cc1F. The van der Waals surface area contributed by atoms with E-state index in [1.165, 1.54) is 29.3 Å². The molecule has 0 saturated heterocycles. The van der Waals surface area contributed by atoms with Crippen molar-refractivity contribution < 1.29 is 18.4 Å². The molecule has 0 saturated carbocycles. The molecule has 0 unspecified atom stereocenters. The summed E-state index contributed by atoms with van der Waals surface area (Å²) < 4.78 is 30.0. The minimum Gasteiger partial charge on any atom is -0.365 e. The lowest BCUT2D eigenvalue weighted by Crippen LogP contribution is -2.41. The number of aromatic nitrogens is 4. The van der Waals surface area contributed by atoms with E-state index in [9.17, 15) is 18.4 Å². The van der Waals surface area contributed by atoms with Crippen molar-refractivity contribution in [2.75, 3.05) is 11.9 Å². The van der Waals surface area contributed by atoms with E-state index in [1.807, 2.05) is 0 Å². The summed E-state index contributed by atoms with van der Waals surface area (Å²) in [7, 11) is 0. The van der Waals surface area contributed by atoms with Crippen molar-refractivity contribution in [1.29, 1.82) is 0 Å². The van der Waals surface area contributed by atoms with Gasteiger partial charge in [0.2, 0.25) is 5.69 Å². The molecule has 3 heterocycles. The fourth-order valence-electron chi connectivity index (χ4n) is 3.97. The van der Waals surface area contributed by atoms with Crippen molar-refractivity contribution in [3.05, 3.63) is 70.8 Å². The summed E-state index contributed by atoms with van der Waals surface area (Å²) >= 11 is 0. The molecule has 4 aromatic rings. The number of benzene rings is 2. The fourth-order valence-corrected chi connectivity index (χ4v) is 3.97. The maximum Gasteiger partial charge on any atom is 0.322 e. The molecule has 2 aromatic carbocycles. The lowest BCUT2D eigenvalue weighted by molar-refractivity contribution is 0.0997. The number of hydrogen-bond acceptors (Lipinski definition) is 4. The Labute approximate surface area is 190 Å². The third-order valence-corrected chi connectivity index (χ3v) is 5.61. The molecule has 170 valence electrons. The molecule has 1 aliphatic heterocycles. The standard InChI is InChI=1S/C22H16F2N8O2/c1-26-16-3-2-12(8-15(16)24)28-22(34)31-4-5-32-18(10-31)19(21(25)33)20(30-32)11-6-14(23)13-9-27-29-17(13)7-11/h2-3,6-9H,4-5,10H2,(H2,25,33)(H,27,29)(H,28,34). The van der Waals surface area contributed by atoms with Crippen LogP contribution in [-0.4, -0.2) is 43.4 Å². The van der Waals surface area contributed by atoms with Gasteiger partial charge < -0.3 is 16.0 Å². The molecule has 0 bridgehead atoms. The molecule has 12 heteroatoms. The van der Waals surface area contributed by atoms with Crippen molar-refractivity contribution in [1.82, 2.24) is 24.9 Å². The number of hydrogen-bond donors (Lipinski definition) is 3. The van der Waals surface area contributed by atoms with Crippen LogP contribution in [0.15, 0.2) is 36.5 Å². The summed E-state index contributed by atoms with van der Waals surface area (Å²) in [4.78, 5) is 29.6. The highest BCUT2D eigenvalue weighted by Crippen LogP contribution is 2.31. The predicted octanol–water partition coefficient (Wildman–Crippen LogP) is 3.40. The Hall–Kier alpha value is -4.79. The Balaban J connectivity index is 1.46. The number of H-pyrrole nitrogens is 1. The lowest BCUT2D eigenvalue weighted by Gasteiger charge is -2.28. The minimum atomic E-state index is -0.763. The van der Waals surface area contributed by atoms with Crippen molar-refractivity contribution in [2.45, 2.75) is 13.1 Å². The Morgan fingerprint density at radius 1 is 1.18 bits per heavy atom. The third kappa shape index (κ3) is 3.49. The van der Waals surface area contributed by atoms with Crippen molar-refractivity contribution in [3.8, 4) is 11.3 Å². The van der Waals surface area contributed by atoms with E-state index < -0.39 is 23.6 Å². The first-order valence-electron chi connectivity index (χ1n) is 10.1. The van der Waals surface area contributed by atoms with Gasteiger partial charge in [-0.15, -0.1) is 0 Å². The van der Waals surface area contributed by atoms with Gasteiger partial charge >= 0.3 is 6.03 Å². The van der Waals surface area contributed by atoms with Crippen LogP contribution in [0.25, 0.3) is 27.0 Å². The molecule has 4 N–H and O–H groups in total. The van der Waals surface area contributed by atoms with Gasteiger partial charge in [0.1, 0.15) is 17.3 Å². The monoisotopic (exact) mass is 462 g/mol. The number of aromatic amines is 1. The van der Waals surface area contributed by atoms with Crippen LogP contribution in [-0.2, 0) is 13.1 Å². The highest BCUT2D eigenvalue weighted by Gasteiger charge is 2.30. The highest BCUT2D eigenvalue weighted by atomic mass is 19.1. The first-order chi connectivity index (χ1) is 16.4. The third-order valence-electron chi connectivity index (χ3n) is 5.61. The molecule has 10 nitrogen and oxygen atoms in total. The number of rotatable bonds is 3. The normalized spacial score (nSPS) is 12.9. The first kappa shape index (κ1) is 21.1. The average molecular weight is 462 g/mol. The van der Waals surface area contributed by atoms with E-state index >= 15 is 0 Å². The van der Waals surface area contributed by atoms with Crippen LogP contribution in [0.3, 0.4) is 0 Å². The maximum absolute atomic E-state index is 14.5. The molecule has 34 heavy (non-hydrogen) atoms. The number of amides is 3. The molecule has 5 rings (SSSR count). The predicted molar refractivity (Wildman–Crippen MR) is 118 cm³/mol. The highest BCUT2D eigenvalue weighted by molar-refractivity contribution is 6.01. The molecule has 0 spiro atoms. The van der Waals surface area contributed by atoms with Crippen molar-refractivity contribution in [3.63, 3.8) is 0 Å². The summed E-state index contributed by atoms with van der Waals surface area (Å²) in [5.74, 6) is -2.04. The van der Waals surface area contributed by atoms with Gasteiger partial charge in [-0.05, 0) is 24.3 Å². The molecule has 1 aliphatic rings. The van der Waals surface area contributed by atoms with Crippen molar-refractivity contribution in [2.24, 2.45) is 5.73 Å². The molecule has 0 radical (unpaired) electrons. The smallest absolute Gasteiger partial charge is 0.322 e. The Morgan fingerprint density at radius 2 is 2.00 bits per heavy atom. The molecule has 0 atom stereocenters. The number of anilines is 1. The number of carbonyl (C=O) groups is 2. The number of urea groups is 1. The van der Waals surface area contributed by atoms with Crippen LogP contribution >= 0.6 is 0 Å². The second kappa shape index (κ2) is 7.96.